The molecule has 0 saturated heterocycles. The van der Waals surface area contributed by atoms with Crippen LogP contribution in [0.2, 0.25) is 0 Å². The second kappa shape index (κ2) is 5.04. The Morgan fingerprint density at radius 1 is 0.900 bits per heavy atom. The lowest BCUT2D eigenvalue weighted by Gasteiger charge is -1.89. The van der Waals surface area contributed by atoms with Gasteiger partial charge in [-0.3, -0.25) is 0 Å². The van der Waals surface area contributed by atoms with Crippen LogP contribution >= 0.6 is 0 Å². The van der Waals surface area contributed by atoms with Gasteiger partial charge in [-0.25, -0.2) is 0 Å². The molecule has 10 heavy (non-hydrogen) atoms. The summed E-state index contributed by atoms with van der Waals surface area (Å²) in [5, 5.41) is 0. The Balaban J connectivity index is 2.38. The second-order valence-electron chi connectivity index (χ2n) is 2.39. The van der Waals surface area contributed by atoms with Crippen molar-refractivity contribution in [3.8, 4) is 0 Å². The Bertz CT molecular complexity index is 131. The number of hydrogen-bond donors (Lipinski definition) is 0. The molecule has 0 amide bonds. The van der Waals surface area contributed by atoms with E-state index in [1.54, 1.807) is 0 Å². The molecular weight excluding hydrogens is 120 g/mol. The second-order valence-corrected chi connectivity index (χ2v) is 2.39. The average Bonchev–Trinajstić information content (AvgIpc) is 2.01. The highest BCUT2D eigenvalue weighted by Gasteiger charge is 1.80. The van der Waals surface area contributed by atoms with Crippen molar-refractivity contribution in [3.05, 3.63) is 36.5 Å². The van der Waals surface area contributed by atoms with E-state index in [1.165, 1.54) is 6.42 Å². The van der Waals surface area contributed by atoms with Gasteiger partial charge in [-0.2, -0.15) is 0 Å². The Morgan fingerprint density at radius 2 is 1.70 bits per heavy atom. The maximum atomic E-state index is 3.19. The summed E-state index contributed by atoms with van der Waals surface area (Å²) in [5.41, 5.74) is 0. The molecule has 53 valence electrons. The zero-order valence-corrected chi connectivity index (χ0v) is 6.22. The molecule has 0 fully saturated rings. The van der Waals surface area contributed by atoms with Crippen LogP contribution in [0, 0.1) is 6.08 Å². The lowest BCUT2D eigenvalue weighted by molar-refractivity contribution is 0.984. The highest BCUT2D eigenvalue weighted by Crippen LogP contribution is 1.99. The first-order valence-corrected chi connectivity index (χ1v) is 3.87. The van der Waals surface area contributed by atoms with E-state index in [0.29, 0.717) is 0 Å². The van der Waals surface area contributed by atoms with Crippen LogP contribution in [-0.4, -0.2) is 0 Å². The molecule has 1 aliphatic carbocycles. The molecule has 0 heteroatoms. The predicted molar refractivity (Wildman–Crippen MR) is 44.6 cm³/mol. The van der Waals surface area contributed by atoms with Gasteiger partial charge in [-0.1, -0.05) is 30.4 Å². The van der Waals surface area contributed by atoms with Crippen LogP contribution in [0.3, 0.4) is 0 Å². The minimum atomic E-state index is 1.06. The number of hydrogen-bond acceptors (Lipinski definition) is 0. The van der Waals surface area contributed by atoms with Gasteiger partial charge in [0.1, 0.15) is 0 Å². The van der Waals surface area contributed by atoms with Crippen LogP contribution in [0.25, 0.3) is 0 Å². The fraction of sp³-hybridized carbons (Fsp3) is 0.400. The fourth-order valence-electron chi connectivity index (χ4n) is 0.910. The minimum Gasteiger partial charge on any atom is -0.0882 e. The van der Waals surface area contributed by atoms with Crippen LogP contribution in [-0.2, 0) is 0 Å². The molecule has 1 radical (unpaired) electrons. The summed E-state index contributed by atoms with van der Waals surface area (Å²) in [7, 11) is 0. The third kappa shape index (κ3) is 3.29. The van der Waals surface area contributed by atoms with Gasteiger partial charge in [0, 0.05) is 0 Å². The molecule has 0 aromatic rings. The zero-order valence-electron chi connectivity index (χ0n) is 6.22. The number of allylic oxidation sites excluding steroid dienone is 6. The van der Waals surface area contributed by atoms with Gasteiger partial charge in [0.2, 0.25) is 0 Å². The van der Waals surface area contributed by atoms with E-state index >= 15 is 0 Å². The lowest BCUT2D eigenvalue weighted by Crippen LogP contribution is -1.70. The van der Waals surface area contributed by atoms with Gasteiger partial charge in [0.25, 0.3) is 0 Å². The normalized spacial score (nSPS) is 28.8. The molecular formula is C10H13. The Labute approximate surface area is 62.9 Å². The van der Waals surface area contributed by atoms with Gasteiger partial charge in [-0.15, -0.1) is 0 Å². The van der Waals surface area contributed by atoms with Crippen molar-refractivity contribution in [1.29, 1.82) is 0 Å². The van der Waals surface area contributed by atoms with Crippen LogP contribution in [0.1, 0.15) is 25.7 Å². The molecule has 0 heterocycles. The summed E-state index contributed by atoms with van der Waals surface area (Å²) < 4.78 is 0. The summed E-state index contributed by atoms with van der Waals surface area (Å²) in [6, 6.07) is 0. The van der Waals surface area contributed by atoms with Crippen LogP contribution < -0.4 is 0 Å². The smallest absolute Gasteiger partial charge is 0.0241 e. The van der Waals surface area contributed by atoms with Crippen molar-refractivity contribution >= 4 is 0 Å². The Hall–Kier alpha value is -0.780. The van der Waals surface area contributed by atoms with E-state index < -0.39 is 0 Å². The van der Waals surface area contributed by atoms with Crippen LogP contribution in [0.15, 0.2) is 30.4 Å². The highest BCUT2D eigenvalue weighted by atomic mass is 13.9. The molecule has 0 saturated carbocycles. The molecule has 0 spiro atoms. The molecule has 0 aromatic heterocycles. The van der Waals surface area contributed by atoms with Crippen molar-refractivity contribution < 1.29 is 0 Å². The third-order valence-corrected chi connectivity index (χ3v) is 1.47. The molecule has 0 nitrogen and oxygen atoms in total. The van der Waals surface area contributed by atoms with E-state index in [1.807, 2.05) is 6.08 Å². The first-order chi connectivity index (χ1) is 5.00. The van der Waals surface area contributed by atoms with Gasteiger partial charge >= 0.3 is 0 Å². The summed E-state index contributed by atoms with van der Waals surface area (Å²) in [6.45, 7) is 0. The zero-order chi connectivity index (χ0) is 7.07. The topological polar surface area (TPSA) is 0 Å². The summed E-state index contributed by atoms with van der Waals surface area (Å²) in [5.74, 6) is 0. The Morgan fingerprint density at radius 3 is 2.70 bits per heavy atom. The molecule has 0 atom stereocenters. The quantitative estimate of drug-likeness (QED) is 0.445. The van der Waals surface area contributed by atoms with E-state index in [2.05, 4.69) is 30.4 Å². The van der Waals surface area contributed by atoms with Crippen molar-refractivity contribution in [1.82, 2.24) is 0 Å². The first kappa shape index (κ1) is 7.33. The van der Waals surface area contributed by atoms with E-state index in [-0.39, 0.29) is 0 Å². The van der Waals surface area contributed by atoms with Crippen LogP contribution in [0.5, 0.6) is 0 Å². The van der Waals surface area contributed by atoms with E-state index in [4.69, 9.17) is 0 Å². The monoisotopic (exact) mass is 133 g/mol. The summed E-state index contributed by atoms with van der Waals surface area (Å²) >= 11 is 0. The van der Waals surface area contributed by atoms with Crippen molar-refractivity contribution in [2.24, 2.45) is 0 Å². The SMILES string of the molecule is [C]1=C\C=C\CC/C=C/CC/1. The van der Waals surface area contributed by atoms with E-state index in [9.17, 15) is 0 Å². The largest absolute Gasteiger partial charge is 0.0882 e. The maximum absolute atomic E-state index is 3.19. The molecule has 0 bridgehead atoms. The molecule has 0 aliphatic heterocycles. The third-order valence-electron chi connectivity index (χ3n) is 1.47. The fourth-order valence-corrected chi connectivity index (χ4v) is 0.910. The molecule has 0 N–H and O–H groups in total. The molecule has 1 aliphatic rings. The standard InChI is InChI=1S/C10H13/c1-2-4-6-8-10-9-7-5-3-1/h1-3,8,10H,4,6-7,9H2/b2-1+,5-3?,10-8+. The van der Waals surface area contributed by atoms with E-state index in [0.717, 1.165) is 19.3 Å². The lowest BCUT2D eigenvalue weighted by atomic mass is 10.2. The van der Waals surface area contributed by atoms with Crippen LogP contribution in [0.4, 0.5) is 0 Å². The summed E-state index contributed by atoms with van der Waals surface area (Å²) in [6.07, 6.45) is 18.5. The molecule has 1 rings (SSSR count). The van der Waals surface area contributed by atoms with Gasteiger partial charge in [-0.05, 0) is 31.8 Å². The number of rotatable bonds is 0. The van der Waals surface area contributed by atoms with Gasteiger partial charge < -0.3 is 0 Å². The first-order valence-electron chi connectivity index (χ1n) is 3.87. The predicted octanol–water partition coefficient (Wildman–Crippen LogP) is 3.03. The minimum absolute atomic E-state index is 1.06. The molecule has 0 unspecified atom stereocenters. The summed E-state index contributed by atoms with van der Waals surface area (Å²) in [4.78, 5) is 0. The van der Waals surface area contributed by atoms with Crippen molar-refractivity contribution in [2.45, 2.75) is 25.7 Å². The van der Waals surface area contributed by atoms with Crippen molar-refractivity contribution in [3.63, 3.8) is 0 Å². The maximum Gasteiger partial charge on any atom is -0.0241 e. The average molecular weight is 133 g/mol. The highest BCUT2D eigenvalue weighted by molar-refractivity contribution is 5.01. The van der Waals surface area contributed by atoms with Gasteiger partial charge in [0.05, 0.1) is 0 Å². The van der Waals surface area contributed by atoms with Gasteiger partial charge in [0.15, 0.2) is 0 Å². The van der Waals surface area contributed by atoms with Crippen molar-refractivity contribution in [2.75, 3.05) is 0 Å². The Kier molecular flexibility index (Phi) is 3.69. The molecule has 0 aromatic carbocycles.